The van der Waals surface area contributed by atoms with E-state index in [4.69, 9.17) is 4.74 Å². The summed E-state index contributed by atoms with van der Waals surface area (Å²) in [6, 6.07) is 11.4. The summed E-state index contributed by atoms with van der Waals surface area (Å²) in [5, 5.41) is 14.3. The molecule has 0 aromatic heterocycles. The van der Waals surface area contributed by atoms with Gasteiger partial charge in [0, 0.05) is 18.8 Å². The van der Waals surface area contributed by atoms with Crippen molar-refractivity contribution in [3.63, 3.8) is 0 Å². The Kier molecular flexibility index (Phi) is 7.12. The fraction of sp³-hybridized carbons (Fsp3) is 0.250. The molecule has 0 bridgehead atoms. The average molecular weight is 451 g/mol. The molecule has 0 saturated carbocycles. The molecule has 0 saturated heterocycles. The first-order valence-electron chi connectivity index (χ1n) is 10.2. The number of aliphatic carboxylic acids is 1. The third kappa shape index (κ3) is 5.57. The van der Waals surface area contributed by atoms with Gasteiger partial charge in [0.25, 0.3) is 5.91 Å². The van der Waals surface area contributed by atoms with Crippen LogP contribution in [0.5, 0.6) is 5.75 Å². The fourth-order valence-corrected chi connectivity index (χ4v) is 3.58. The first-order valence-corrected chi connectivity index (χ1v) is 10.2. The molecule has 1 aliphatic rings. The van der Waals surface area contributed by atoms with Gasteiger partial charge >= 0.3 is 12.0 Å². The second kappa shape index (κ2) is 9.99. The number of nitrogens with zero attached hydrogens (tertiary/aromatic N) is 1. The fourth-order valence-electron chi connectivity index (χ4n) is 3.58. The normalized spacial score (nSPS) is 16.6. The van der Waals surface area contributed by atoms with Gasteiger partial charge in [-0.1, -0.05) is 30.3 Å². The first kappa shape index (κ1) is 23.5. The van der Waals surface area contributed by atoms with Gasteiger partial charge in [-0.25, -0.2) is 4.79 Å². The molecule has 2 aromatic rings. The van der Waals surface area contributed by atoms with E-state index in [9.17, 15) is 24.3 Å². The summed E-state index contributed by atoms with van der Waals surface area (Å²) < 4.78 is 5.26. The summed E-state index contributed by atoms with van der Waals surface area (Å²) in [7, 11) is 3.06. The van der Waals surface area contributed by atoms with Crippen LogP contribution < -0.4 is 15.4 Å². The van der Waals surface area contributed by atoms with Crippen LogP contribution in [0.15, 0.2) is 60.3 Å². The van der Waals surface area contributed by atoms with E-state index < -0.39 is 35.8 Å². The number of carboxylic acids is 1. The highest BCUT2D eigenvalue weighted by Gasteiger charge is 2.35. The number of carboxylic acid groups (broad SMARTS) is 1. The van der Waals surface area contributed by atoms with Gasteiger partial charge in [0.1, 0.15) is 5.75 Å². The lowest BCUT2D eigenvalue weighted by atomic mass is 9.97. The van der Waals surface area contributed by atoms with Crippen LogP contribution in [0.1, 0.15) is 24.9 Å². The highest BCUT2D eigenvalue weighted by atomic mass is 16.5. The molecule has 9 nitrogen and oxygen atoms in total. The topological polar surface area (TPSA) is 125 Å². The molecular formula is C24H25N3O6. The van der Waals surface area contributed by atoms with E-state index in [0.29, 0.717) is 16.9 Å². The second-order valence-electron chi connectivity index (χ2n) is 7.68. The third-order valence-corrected chi connectivity index (χ3v) is 5.28. The zero-order valence-electron chi connectivity index (χ0n) is 18.5. The lowest BCUT2D eigenvalue weighted by Crippen LogP contribution is -2.56. The highest BCUT2D eigenvalue weighted by molar-refractivity contribution is 6.16. The van der Waals surface area contributed by atoms with Gasteiger partial charge in [0.15, 0.2) is 11.8 Å². The molecule has 3 rings (SSSR count). The molecule has 3 amide bonds. The number of hydrogen-bond donors (Lipinski definition) is 3. The maximum Gasteiger partial charge on any atom is 0.316 e. The van der Waals surface area contributed by atoms with Crippen LogP contribution in [0.3, 0.4) is 0 Å². The smallest absolute Gasteiger partial charge is 0.316 e. The molecule has 0 aliphatic carbocycles. The Morgan fingerprint density at radius 3 is 2.45 bits per heavy atom. The number of nitrogens with one attached hydrogen (secondary N) is 2. The molecule has 1 heterocycles. The Labute approximate surface area is 191 Å². The number of ether oxygens (including phenoxy) is 1. The third-order valence-electron chi connectivity index (χ3n) is 5.28. The van der Waals surface area contributed by atoms with E-state index in [1.165, 1.54) is 18.1 Å². The molecule has 2 atom stereocenters. The monoisotopic (exact) mass is 451 g/mol. The van der Waals surface area contributed by atoms with E-state index in [1.54, 1.807) is 32.2 Å². The van der Waals surface area contributed by atoms with Crippen LogP contribution in [-0.2, 0) is 14.4 Å². The number of ketones is 1. The Hall–Kier alpha value is -4.14. The van der Waals surface area contributed by atoms with Gasteiger partial charge in [-0.05, 0) is 41.8 Å². The SMILES string of the molecule is COc1cccc(-c2cccc(C(CC(=O)O)NC(=O)NC3C(=O)C(C)=CN(C)C3=O)c2)c1. The Balaban J connectivity index is 1.82. The van der Waals surface area contributed by atoms with Crippen LogP contribution in [0.25, 0.3) is 11.1 Å². The number of hydrogen-bond acceptors (Lipinski definition) is 5. The van der Waals surface area contributed by atoms with Gasteiger partial charge in [0.2, 0.25) is 0 Å². The van der Waals surface area contributed by atoms with Crippen LogP contribution in [0.2, 0.25) is 0 Å². The summed E-state index contributed by atoms with van der Waals surface area (Å²) >= 11 is 0. The molecule has 3 N–H and O–H groups in total. The molecule has 172 valence electrons. The van der Waals surface area contributed by atoms with E-state index in [0.717, 1.165) is 11.1 Å². The number of likely N-dealkylation sites (N-methyl/N-ethyl adjacent to an activating group) is 1. The minimum Gasteiger partial charge on any atom is -0.497 e. The molecule has 0 radical (unpaired) electrons. The van der Waals surface area contributed by atoms with Gasteiger partial charge in [-0.15, -0.1) is 0 Å². The van der Waals surface area contributed by atoms with Crippen molar-refractivity contribution in [3.8, 4) is 16.9 Å². The van der Waals surface area contributed by atoms with Gasteiger partial charge in [-0.2, -0.15) is 0 Å². The standard InChI is InChI=1S/C24H25N3O6/c1-14-13-27(2)23(31)21(22(14)30)26-24(32)25-19(12-20(28)29)17-8-4-6-15(10-17)16-7-5-9-18(11-16)33-3/h4-11,13,19,21H,12H2,1-3H3,(H,28,29)(H2,25,26,32). The summed E-state index contributed by atoms with van der Waals surface area (Å²) in [6.07, 6.45) is 1.01. The summed E-state index contributed by atoms with van der Waals surface area (Å²) in [6.45, 7) is 1.55. The lowest BCUT2D eigenvalue weighted by molar-refractivity contribution is -0.138. The van der Waals surface area contributed by atoms with E-state index >= 15 is 0 Å². The minimum absolute atomic E-state index is 0.329. The largest absolute Gasteiger partial charge is 0.497 e. The number of carbonyl (C=O) groups excluding carboxylic acids is 3. The Bertz CT molecular complexity index is 1130. The average Bonchev–Trinajstić information content (AvgIpc) is 2.80. The number of rotatable bonds is 7. The maximum absolute atomic E-state index is 12.6. The maximum atomic E-state index is 12.6. The predicted molar refractivity (Wildman–Crippen MR) is 120 cm³/mol. The molecule has 2 unspecified atom stereocenters. The molecule has 0 fully saturated rings. The van der Waals surface area contributed by atoms with E-state index in [-0.39, 0.29) is 6.42 Å². The van der Waals surface area contributed by atoms with Crippen LogP contribution in [-0.4, -0.2) is 53.9 Å². The number of Topliss-reactive ketones (excluding diaryl/α,β-unsaturated/α-hetero) is 1. The molecule has 9 heteroatoms. The van der Waals surface area contributed by atoms with E-state index in [2.05, 4.69) is 10.6 Å². The molecular weight excluding hydrogens is 426 g/mol. The predicted octanol–water partition coefficient (Wildman–Crippen LogP) is 2.49. The first-order chi connectivity index (χ1) is 15.7. The van der Waals surface area contributed by atoms with Gasteiger partial charge in [0.05, 0.1) is 19.6 Å². The van der Waals surface area contributed by atoms with Crippen molar-refractivity contribution in [2.45, 2.75) is 25.4 Å². The number of urea groups is 1. The quantitative estimate of drug-likeness (QED) is 0.556. The van der Waals surface area contributed by atoms with Crippen LogP contribution in [0, 0.1) is 0 Å². The molecule has 1 aliphatic heterocycles. The summed E-state index contributed by atoms with van der Waals surface area (Å²) in [5.41, 5.74) is 2.56. The second-order valence-corrected chi connectivity index (χ2v) is 7.68. The van der Waals surface area contributed by atoms with Crippen molar-refractivity contribution in [1.29, 1.82) is 0 Å². The van der Waals surface area contributed by atoms with Crippen molar-refractivity contribution < 1.29 is 29.0 Å². The van der Waals surface area contributed by atoms with Crippen molar-refractivity contribution >= 4 is 23.7 Å². The van der Waals surface area contributed by atoms with E-state index in [1.807, 2.05) is 30.3 Å². The Morgan fingerprint density at radius 2 is 1.79 bits per heavy atom. The number of amides is 3. The zero-order valence-corrected chi connectivity index (χ0v) is 18.5. The highest BCUT2D eigenvalue weighted by Crippen LogP contribution is 2.27. The lowest BCUT2D eigenvalue weighted by Gasteiger charge is -2.27. The van der Waals surface area contributed by atoms with Gasteiger partial charge in [-0.3, -0.25) is 14.4 Å². The zero-order chi connectivity index (χ0) is 24.1. The van der Waals surface area contributed by atoms with Crippen molar-refractivity contribution in [2.75, 3.05) is 14.2 Å². The number of methoxy groups -OCH3 is 1. The van der Waals surface area contributed by atoms with Crippen LogP contribution >= 0.6 is 0 Å². The van der Waals surface area contributed by atoms with Crippen molar-refractivity contribution in [2.24, 2.45) is 0 Å². The summed E-state index contributed by atoms with van der Waals surface area (Å²) in [5.74, 6) is -1.53. The Morgan fingerprint density at radius 1 is 1.12 bits per heavy atom. The number of carbonyl (C=O) groups is 4. The molecule has 33 heavy (non-hydrogen) atoms. The van der Waals surface area contributed by atoms with Crippen molar-refractivity contribution in [1.82, 2.24) is 15.5 Å². The minimum atomic E-state index is -1.37. The molecule has 2 aromatic carbocycles. The van der Waals surface area contributed by atoms with Crippen LogP contribution in [0.4, 0.5) is 4.79 Å². The van der Waals surface area contributed by atoms with Gasteiger partial charge < -0.3 is 25.4 Å². The number of benzene rings is 2. The van der Waals surface area contributed by atoms with Crippen molar-refractivity contribution in [3.05, 3.63) is 65.9 Å². The molecule has 0 spiro atoms. The summed E-state index contributed by atoms with van der Waals surface area (Å²) in [4.78, 5) is 50.0.